The van der Waals surface area contributed by atoms with E-state index in [4.69, 9.17) is 17.3 Å². The normalized spacial score (nSPS) is 13.0. The van der Waals surface area contributed by atoms with E-state index in [9.17, 15) is 4.79 Å². The van der Waals surface area contributed by atoms with Crippen LogP contribution in [-0.4, -0.2) is 9.97 Å². The van der Waals surface area contributed by atoms with Crippen molar-refractivity contribution < 1.29 is 0 Å². The van der Waals surface area contributed by atoms with Crippen molar-refractivity contribution in [2.45, 2.75) is 13.0 Å². The Balaban J connectivity index is 2.79. The maximum atomic E-state index is 11.6. The molecule has 1 atom stereocenters. The van der Waals surface area contributed by atoms with Crippen LogP contribution in [0.3, 0.4) is 0 Å². The summed E-state index contributed by atoms with van der Waals surface area (Å²) in [6.45, 7) is 1.76. The highest BCUT2D eigenvalue weighted by Gasteiger charge is 2.06. The van der Waals surface area contributed by atoms with Gasteiger partial charge in [-0.15, -0.1) is 0 Å². The third-order valence-electron chi connectivity index (χ3n) is 2.12. The molecule has 1 heterocycles. The lowest BCUT2D eigenvalue weighted by atomic mass is 10.2. The van der Waals surface area contributed by atoms with Gasteiger partial charge in [0.25, 0.3) is 5.56 Å². The molecule has 1 unspecified atom stereocenters. The molecule has 5 heteroatoms. The first-order chi connectivity index (χ1) is 7.08. The third kappa shape index (κ3) is 1.86. The number of aromatic amines is 1. The van der Waals surface area contributed by atoms with E-state index in [0.29, 0.717) is 21.7 Å². The van der Waals surface area contributed by atoms with Crippen LogP contribution in [-0.2, 0) is 0 Å². The number of H-pyrrole nitrogens is 1. The predicted octanol–water partition coefficient (Wildman–Crippen LogP) is 1.60. The molecule has 0 saturated heterocycles. The molecule has 3 N–H and O–H groups in total. The van der Waals surface area contributed by atoms with Gasteiger partial charge in [-0.1, -0.05) is 11.6 Å². The molecular formula is C10H10ClN3O. The van der Waals surface area contributed by atoms with Crippen LogP contribution in [0.15, 0.2) is 23.0 Å². The van der Waals surface area contributed by atoms with E-state index in [0.717, 1.165) is 0 Å². The summed E-state index contributed by atoms with van der Waals surface area (Å²) >= 11 is 5.79. The van der Waals surface area contributed by atoms with Gasteiger partial charge in [0.05, 0.1) is 16.9 Å². The smallest absolute Gasteiger partial charge is 0.258 e. The molecule has 0 saturated carbocycles. The van der Waals surface area contributed by atoms with Gasteiger partial charge in [-0.2, -0.15) is 0 Å². The Hall–Kier alpha value is -1.39. The highest BCUT2D eigenvalue weighted by molar-refractivity contribution is 6.31. The highest BCUT2D eigenvalue weighted by Crippen LogP contribution is 2.15. The Morgan fingerprint density at radius 3 is 2.93 bits per heavy atom. The number of benzene rings is 1. The van der Waals surface area contributed by atoms with Gasteiger partial charge in [0.2, 0.25) is 0 Å². The van der Waals surface area contributed by atoms with E-state index >= 15 is 0 Å². The van der Waals surface area contributed by atoms with E-state index in [-0.39, 0.29) is 11.6 Å². The molecule has 0 aliphatic rings. The molecule has 15 heavy (non-hydrogen) atoms. The van der Waals surface area contributed by atoms with E-state index in [1.165, 1.54) is 0 Å². The van der Waals surface area contributed by atoms with Gasteiger partial charge in [0.15, 0.2) is 0 Å². The largest absolute Gasteiger partial charge is 0.322 e. The van der Waals surface area contributed by atoms with Crippen LogP contribution in [0, 0.1) is 0 Å². The van der Waals surface area contributed by atoms with Crippen LogP contribution in [0.5, 0.6) is 0 Å². The summed E-state index contributed by atoms with van der Waals surface area (Å²) in [6, 6.07) is 4.70. The number of nitrogens with one attached hydrogen (secondary N) is 1. The van der Waals surface area contributed by atoms with Crippen LogP contribution in [0.4, 0.5) is 0 Å². The van der Waals surface area contributed by atoms with E-state index in [1.54, 1.807) is 25.1 Å². The number of hydrogen-bond donors (Lipinski definition) is 2. The maximum absolute atomic E-state index is 11.6. The van der Waals surface area contributed by atoms with Gasteiger partial charge in [0, 0.05) is 5.02 Å². The van der Waals surface area contributed by atoms with Crippen molar-refractivity contribution in [1.82, 2.24) is 9.97 Å². The van der Waals surface area contributed by atoms with Gasteiger partial charge >= 0.3 is 0 Å². The molecular weight excluding hydrogens is 214 g/mol. The van der Waals surface area contributed by atoms with Crippen molar-refractivity contribution >= 4 is 22.5 Å². The van der Waals surface area contributed by atoms with E-state index in [1.807, 2.05) is 0 Å². The molecule has 0 aliphatic carbocycles. The molecule has 1 aromatic carbocycles. The lowest BCUT2D eigenvalue weighted by molar-refractivity contribution is 0.741. The molecule has 0 spiro atoms. The Kier molecular flexibility index (Phi) is 2.46. The Labute approximate surface area is 91.1 Å². The monoisotopic (exact) mass is 223 g/mol. The van der Waals surface area contributed by atoms with Gasteiger partial charge in [-0.05, 0) is 25.1 Å². The van der Waals surface area contributed by atoms with Crippen molar-refractivity contribution in [2.75, 3.05) is 0 Å². The molecule has 2 aromatic rings. The summed E-state index contributed by atoms with van der Waals surface area (Å²) in [5.74, 6) is 0.481. The SMILES string of the molecule is CC(N)c1nc2ccc(Cl)cc2c(=O)[nH]1. The van der Waals surface area contributed by atoms with Crippen molar-refractivity contribution in [3.63, 3.8) is 0 Å². The lowest BCUT2D eigenvalue weighted by Gasteiger charge is -2.05. The van der Waals surface area contributed by atoms with Crippen molar-refractivity contribution in [1.29, 1.82) is 0 Å². The minimum absolute atomic E-state index is 0.213. The summed E-state index contributed by atoms with van der Waals surface area (Å²) < 4.78 is 0. The Morgan fingerprint density at radius 2 is 2.27 bits per heavy atom. The Morgan fingerprint density at radius 1 is 1.53 bits per heavy atom. The molecule has 0 amide bonds. The van der Waals surface area contributed by atoms with Gasteiger partial charge in [0.1, 0.15) is 5.82 Å². The fraction of sp³-hybridized carbons (Fsp3) is 0.200. The second kappa shape index (κ2) is 3.64. The second-order valence-electron chi connectivity index (χ2n) is 3.40. The number of nitrogens with zero attached hydrogens (tertiary/aromatic N) is 1. The summed E-state index contributed by atoms with van der Waals surface area (Å²) in [7, 11) is 0. The van der Waals surface area contributed by atoms with Crippen molar-refractivity contribution in [3.8, 4) is 0 Å². The number of halogens is 1. The Bertz CT molecular complexity index is 562. The zero-order chi connectivity index (χ0) is 11.0. The second-order valence-corrected chi connectivity index (χ2v) is 3.84. The summed E-state index contributed by atoms with van der Waals surface area (Å²) in [5, 5.41) is 0.996. The summed E-state index contributed by atoms with van der Waals surface area (Å²) in [4.78, 5) is 18.5. The topological polar surface area (TPSA) is 71.8 Å². The van der Waals surface area contributed by atoms with E-state index < -0.39 is 0 Å². The molecule has 0 radical (unpaired) electrons. The number of nitrogens with two attached hydrogens (primary N) is 1. The molecule has 2 rings (SSSR count). The van der Waals surface area contributed by atoms with Crippen LogP contribution in [0.25, 0.3) is 10.9 Å². The quantitative estimate of drug-likeness (QED) is 0.771. The van der Waals surface area contributed by atoms with Crippen LogP contribution >= 0.6 is 11.6 Å². The minimum Gasteiger partial charge on any atom is -0.322 e. The fourth-order valence-electron chi connectivity index (χ4n) is 1.34. The summed E-state index contributed by atoms with van der Waals surface area (Å²) in [5.41, 5.74) is 6.04. The third-order valence-corrected chi connectivity index (χ3v) is 2.35. The molecule has 78 valence electrons. The van der Waals surface area contributed by atoms with Gasteiger partial charge in [-0.3, -0.25) is 4.79 Å². The molecule has 4 nitrogen and oxygen atoms in total. The zero-order valence-corrected chi connectivity index (χ0v) is 8.88. The van der Waals surface area contributed by atoms with Gasteiger partial charge in [-0.25, -0.2) is 4.98 Å². The number of fused-ring (bicyclic) bond motifs is 1. The first kappa shape index (κ1) is 10.1. The average molecular weight is 224 g/mol. The van der Waals surface area contributed by atoms with Crippen LogP contribution < -0.4 is 11.3 Å². The number of aromatic nitrogens is 2. The molecule has 0 aliphatic heterocycles. The first-order valence-corrected chi connectivity index (χ1v) is 4.91. The molecule has 0 bridgehead atoms. The summed E-state index contributed by atoms with van der Waals surface area (Å²) in [6.07, 6.45) is 0. The predicted molar refractivity (Wildman–Crippen MR) is 60.0 cm³/mol. The number of rotatable bonds is 1. The van der Waals surface area contributed by atoms with Crippen LogP contribution in [0.2, 0.25) is 5.02 Å². The fourth-order valence-corrected chi connectivity index (χ4v) is 1.52. The average Bonchev–Trinajstić information content (AvgIpc) is 2.18. The van der Waals surface area contributed by atoms with Crippen LogP contribution in [0.1, 0.15) is 18.8 Å². The zero-order valence-electron chi connectivity index (χ0n) is 8.12. The maximum Gasteiger partial charge on any atom is 0.258 e. The lowest BCUT2D eigenvalue weighted by Crippen LogP contribution is -2.17. The van der Waals surface area contributed by atoms with E-state index in [2.05, 4.69) is 9.97 Å². The minimum atomic E-state index is -0.294. The number of hydrogen-bond acceptors (Lipinski definition) is 3. The first-order valence-electron chi connectivity index (χ1n) is 4.53. The molecule has 1 aromatic heterocycles. The highest BCUT2D eigenvalue weighted by atomic mass is 35.5. The van der Waals surface area contributed by atoms with Crippen molar-refractivity contribution in [2.24, 2.45) is 5.73 Å². The molecule has 0 fully saturated rings. The van der Waals surface area contributed by atoms with Crippen molar-refractivity contribution in [3.05, 3.63) is 39.4 Å². The standard InChI is InChI=1S/C10H10ClN3O/c1-5(12)9-13-8-3-2-6(11)4-7(8)10(15)14-9/h2-5H,12H2,1H3,(H,13,14,15). The van der Waals surface area contributed by atoms with Gasteiger partial charge < -0.3 is 10.7 Å².